The Hall–Kier alpha value is -3.99. The second-order valence-electron chi connectivity index (χ2n) is 11.5. The molecule has 0 radical (unpaired) electrons. The number of terminal acetylenes is 1. The summed E-state index contributed by atoms with van der Waals surface area (Å²) in [5, 5.41) is 15.5. The van der Waals surface area contributed by atoms with Crippen LogP contribution in [0.3, 0.4) is 0 Å². The number of hydrogen-bond acceptors (Lipinski definition) is 5. The molecule has 0 aliphatic heterocycles. The zero-order valence-electron chi connectivity index (χ0n) is 24.1. The minimum Gasteiger partial charge on any atom is -0.508 e. The zero-order chi connectivity index (χ0) is 29.4. The standard InChI is InChI=1S/C32H41N3O5/c1-7-35(28(24-16-13-21(2)22(3)19-24)29(37)33-25-11-9-8-10-12-25)30(38)27(34-31(39)40-32(4,5)6)20-23-14-17-26(36)18-15-23/h1,13-19,25,27-28,36H,8-12,20H2,2-6H3,(H,33,37)(H,34,39). The summed E-state index contributed by atoms with van der Waals surface area (Å²) in [6.45, 7) is 9.08. The molecule has 0 spiro atoms. The maximum atomic E-state index is 14.1. The van der Waals surface area contributed by atoms with Gasteiger partial charge in [-0.3, -0.25) is 14.5 Å². The highest BCUT2D eigenvalue weighted by molar-refractivity contribution is 5.93. The number of benzene rings is 2. The van der Waals surface area contributed by atoms with Gasteiger partial charge in [0.25, 0.3) is 5.91 Å². The number of aryl methyl sites for hydroxylation is 2. The van der Waals surface area contributed by atoms with Crippen molar-refractivity contribution in [1.29, 1.82) is 0 Å². The number of alkyl carbamates (subject to hydrolysis) is 1. The largest absolute Gasteiger partial charge is 0.508 e. The molecule has 214 valence electrons. The first-order valence-electron chi connectivity index (χ1n) is 13.8. The first kappa shape index (κ1) is 30.6. The summed E-state index contributed by atoms with van der Waals surface area (Å²) in [5.41, 5.74) is 2.49. The first-order chi connectivity index (χ1) is 18.9. The maximum absolute atomic E-state index is 14.1. The predicted octanol–water partition coefficient (Wildman–Crippen LogP) is 5.05. The van der Waals surface area contributed by atoms with Crippen molar-refractivity contribution >= 4 is 17.9 Å². The van der Waals surface area contributed by atoms with Crippen LogP contribution in [0.2, 0.25) is 0 Å². The smallest absolute Gasteiger partial charge is 0.408 e. The van der Waals surface area contributed by atoms with E-state index in [-0.39, 0.29) is 24.1 Å². The third kappa shape index (κ3) is 8.51. The third-order valence-electron chi connectivity index (χ3n) is 7.05. The number of nitrogens with zero attached hydrogens (tertiary/aromatic N) is 1. The van der Waals surface area contributed by atoms with E-state index in [2.05, 4.69) is 16.7 Å². The van der Waals surface area contributed by atoms with Gasteiger partial charge in [-0.05, 0) is 81.8 Å². The highest BCUT2D eigenvalue weighted by Gasteiger charge is 2.37. The number of rotatable bonds is 8. The average Bonchev–Trinajstić information content (AvgIpc) is 2.89. The van der Waals surface area contributed by atoms with Gasteiger partial charge in [0.2, 0.25) is 5.91 Å². The van der Waals surface area contributed by atoms with E-state index in [4.69, 9.17) is 11.2 Å². The van der Waals surface area contributed by atoms with Crippen LogP contribution in [0, 0.1) is 26.3 Å². The minimum atomic E-state index is -1.13. The number of ether oxygens (including phenoxy) is 1. The van der Waals surface area contributed by atoms with Crippen LogP contribution in [0.5, 0.6) is 5.75 Å². The molecule has 0 aromatic heterocycles. The SMILES string of the molecule is C#CN(C(=O)C(Cc1ccc(O)cc1)NC(=O)OC(C)(C)C)C(C(=O)NC1CCCCC1)c1ccc(C)c(C)c1. The predicted molar refractivity (Wildman–Crippen MR) is 154 cm³/mol. The van der Waals surface area contributed by atoms with Gasteiger partial charge in [-0.25, -0.2) is 4.79 Å². The summed E-state index contributed by atoms with van der Waals surface area (Å²) < 4.78 is 5.42. The van der Waals surface area contributed by atoms with Crippen LogP contribution in [0.15, 0.2) is 42.5 Å². The van der Waals surface area contributed by atoms with Crippen LogP contribution in [0.1, 0.15) is 81.2 Å². The molecule has 2 unspecified atom stereocenters. The number of carbonyl (C=O) groups excluding carboxylic acids is 3. The molecule has 2 aromatic rings. The van der Waals surface area contributed by atoms with E-state index >= 15 is 0 Å². The summed E-state index contributed by atoms with van der Waals surface area (Å²) >= 11 is 0. The second-order valence-corrected chi connectivity index (χ2v) is 11.5. The Morgan fingerprint density at radius 2 is 1.70 bits per heavy atom. The van der Waals surface area contributed by atoms with E-state index in [1.807, 2.05) is 26.0 Å². The van der Waals surface area contributed by atoms with Crippen molar-refractivity contribution in [3.05, 3.63) is 64.7 Å². The molecule has 2 atom stereocenters. The highest BCUT2D eigenvalue weighted by atomic mass is 16.6. The van der Waals surface area contributed by atoms with Gasteiger partial charge in [-0.2, -0.15) is 0 Å². The molecule has 0 heterocycles. The molecule has 2 aromatic carbocycles. The molecule has 1 aliphatic rings. The van der Waals surface area contributed by atoms with Crippen LogP contribution in [-0.2, 0) is 20.7 Å². The molecule has 1 fully saturated rings. The van der Waals surface area contributed by atoms with Crippen molar-refractivity contribution < 1.29 is 24.2 Å². The fraction of sp³-hybridized carbons (Fsp3) is 0.469. The second kappa shape index (κ2) is 13.4. The quantitative estimate of drug-likeness (QED) is 0.317. The lowest BCUT2D eigenvalue weighted by Gasteiger charge is -2.32. The Kier molecular flexibility index (Phi) is 10.2. The van der Waals surface area contributed by atoms with Gasteiger partial charge < -0.3 is 20.5 Å². The molecule has 8 nitrogen and oxygen atoms in total. The highest BCUT2D eigenvalue weighted by Crippen LogP contribution is 2.26. The number of phenols is 1. The third-order valence-corrected chi connectivity index (χ3v) is 7.05. The van der Waals surface area contributed by atoms with Crippen molar-refractivity contribution in [1.82, 2.24) is 15.5 Å². The van der Waals surface area contributed by atoms with Crippen LogP contribution in [0.4, 0.5) is 4.79 Å². The number of carbonyl (C=O) groups is 3. The average molecular weight is 548 g/mol. The van der Waals surface area contributed by atoms with E-state index in [1.54, 1.807) is 39.0 Å². The molecule has 3 rings (SSSR count). The Morgan fingerprint density at radius 3 is 2.27 bits per heavy atom. The molecule has 3 N–H and O–H groups in total. The molecule has 0 saturated heterocycles. The number of aromatic hydroxyl groups is 1. The van der Waals surface area contributed by atoms with E-state index < -0.39 is 29.7 Å². The summed E-state index contributed by atoms with van der Waals surface area (Å²) in [7, 11) is 0. The van der Waals surface area contributed by atoms with Crippen molar-refractivity contribution in [2.24, 2.45) is 0 Å². The lowest BCUT2D eigenvalue weighted by Crippen LogP contribution is -2.53. The Labute approximate surface area is 237 Å². The maximum Gasteiger partial charge on any atom is 0.408 e. The van der Waals surface area contributed by atoms with Crippen LogP contribution < -0.4 is 10.6 Å². The van der Waals surface area contributed by atoms with Crippen LogP contribution >= 0.6 is 0 Å². The Bertz CT molecular complexity index is 1240. The minimum absolute atomic E-state index is 0.0118. The molecular weight excluding hydrogens is 506 g/mol. The topological polar surface area (TPSA) is 108 Å². The molecule has 8 heteroatoms. The van der Waals surface area contributed by atoms with Gasteiger partial charge in [0.15, 0.2) is 0 Å². The molecular formula is C32H41N3O5. The van der Waals surface area contributed by atoms with Crippen LogP contribution in [-0.4, -0.2) is 45.6 Å². The van der Waals surface area contributed by atoms with Gasteiger partial charge >= 0.3 is 6.09 Å². The van der Waals surface area contributed by atoms with Gasteiger partial charge in [0.1, 0.15) is 23.4 Å². The summed E-state index contributed by atoms with van der Waals surface area (Å²) in [5.74, 6) is -0.906. The monoisotopic (exact) mass is 547 g/mol. The van der Waals surface area contributed by atoms with E-state index in [0.29, 0.717) is 11.1 Å². The van der Waals surface area contributed by atoms with Crippen molar-refractivity contribution in [3.8, 4) is 18.2 Å². The Morgan fingerprint density at radius 1 is 1.05 bits per heavy atom. The van der Waals surface area contributed by atoms with Crippen molar-refractivity contribution in [2.75, 3.05) is 0 Å². The fourth-order valence-electron chi connectivity index (χ4n) is 4.83. The van der Waals surface area contributed by atoms with E-state index in [0.717, 1.165) is 48.1 Å². The van der Waals surface area contributed by atoms with E-state index in [9.17, 15) is 19.5 Å². The number of hydrogen-bond donors (Lipinski definition) is 3. The molecule has 1 saturated carbocycles. The molecule has 1 aliphatic carbocycles. The Balaban J connectivity index is 1.98. The fourth-order valence-corrected chi connectivity index (χ4v) is 4.83. The normalized spacial score (nSPS) is 15.3. The lowest BCUT2D eigenvalue weighted by atomic mass is 9.94. The number of nitrogens with one attached hydrogen (secondary N) is 2. The van der Waals surface area contributed by atoms with Crippen molar-refractivity contribution in [3.63, 3.8) is 0 Å². The first-order valence-corrected chi connectivity index (χ1v) is 13.8. The van der Waals surface area contributed by atoms with Gasteiger partial charge in [0.05, 0.1) is 0 Å². The molecule has 40 heavy (non-hydrogen) atoms. The number of amides is 3. The van der Waals surface area contributed by atoms with Crippen molar-refractivity contribution in [2.45, 2.75) is 96.9 Å². The molecule has 3 amide bonds. The molecule has 0 bridgehead atoms. The van der Waals surface area contributed by atoms with Gasteiger partial charge in [-0.15, -0.1) is 0 Å². The summed E-state index contributed by atoms with van der Waals surface area (Å²) in [4.78, 5) is 41.7. The number of phenolic OH excluding ortho intramolecular Hbond substituents is 1. The summed E-state index contributed by atoms with van der Waals surface area (Å²) in [6.07, 6.45) is 10.2. The zero-order valence-corrected chi connectivity index (χ0v) is 24.1. The summed E-state index contributed by atoms with van der Waals surface area (Å²) in [6, 6.07) is 12.1. The van der Waals surface area contributed by atoms with Crippen LogP contribution in [0.25, 0.3) is 0 Å². The van der Waals surface area contributed by atoms with Gasteiger partial charge in [0, 0.05) is 18.5 Å². The lowest BCUT2D eigenvalue weighted by molar-refractivity contribution is -0.139. The van der Waals surface area contributed by atoms with E-state index in [1.165, 1.54) is 12.1 Å². The van der Waals surface area contributed by atoms with Gasteiger partial charge in [-0.1, -0.05) is 56.0 Å².